The van der Waals surface area contributed by atoms with Gasteiger partial charge in [0.05, 0.1) is 6.61 Å². The molecule has 0 aromatic heterocycles. The largest absolute Gasteiger partial charge is 0.449 e. The molecule has 154 valence electrons. The molecule has 1 fully saturated rings. The second-order valence-electron chi connectivity index (χ2n) is 6.91. The number of amides is 1. The highest BCUT2D eigenvalue weighted by Gasteiger charge is 2.58. The maximum absolute atomic E-state index is 11.7. The Morgan fingerprint density at radius 2 is 1.59 bits per heavy atom. The van der Waals surface area contributed by atoms with Gasteiger partial charge in [-0.3, -0.25) is 9.13 Å². The van der Waals surface area contributed by atoms with E-state index >= 15 is 0 Å². The molecule has 12 heteroatoms. The van der Waals surface area contributed by atoms with E-state index in [-0.39, 0.29) is 19.6 Å². The van der Waals surface area contributed by atoms with Crippen LogP contribution in [0, 0.1) is 29.6 Å². The Bertz CT molecular complexity index is 664. The molecule has 1 amide bonds. The van der Waals surface area contributed by atoms with E-state index in [1.165, 1.54) is 0 Å². The number of hydrogen-bond acceptors (Lipinski definition) is 5. The average Bonchev–Trinajstić information content (AvgIpc) is 3.16. The van der Waals surface area contributed by atoms with Crippen LogP contribution in [0.5, 0.6) is 0 Å². The Morgan fingerprint density at radius 3 is 2.07 bits per heavy atom. The minimum absolute atomic E-state index is 0.160. The van der Waals surface area contributed by atoms with Crippen LogP contribution >= 0.6 is 15.2 Å². The van der Waals surface area contributed by atoms with Crippen molar-refractivity contribution < 1.29 is 43.3 Å². The van der Waals surface area contributed by atoms with Crippen molar-refractivity contribution >= 4 is 21.3 Å². The van der Waals surface area contributed by atoms with E-state index < -0.39 is 32.8 Å². The van der Waals surface area contributed by atoms with Crippen LogP contribution in [0.15, 0.2) is 0 Å². The molecule has 0 bridgehead atoms. The molecule has 2 unspecified atom stereocenters. The summed E-state index contributed by atoms with van der Waals surface area (Å²) in [6.07, 6.45) is 1.84. The molecule has 2 atom stereocenters. The molecule has 0 aliphatic heterocycles. The number of carbonyl (C=O) groups excluding carboxylic acids is 1. The van der Waals surface area contributed by atoms with Crippen molar-refractivity contribution in [2.75, 3.05) is 13.2 Å². The molecule has 0 radical (unpaired) electrons. The van der Waals surface area contributed by atoms with Crippen molar-refractivity contribution in [3.8, 4) is 11.8 Å². The van der Waals surface area contributed by atoms with Gasteiger partial charge in [-0.05, 0) is 37.0 Å². The van der Waals surface area contributed by atoms with E-state index in [2.05, 4.69) is 17.2 Å². The average molecular weight is 425 g/mol. The minimum atomic E-state index is -5.47. The van der Waals surface area contributed by atoms with Gasteiger partial charge in [-0.1, -0.05) is 0 Å². The second kappa shape index (κ2) is 8.62. The quantitative estimate of drug-likeness (QED) is 0.188. The van der Waals surface area contributed by atoms with Gasteiger partial charge in [-0.15, -0.1) is 11.8 Å². The van der Waals surface area contributed by atoms with Crippen molar-refractivity contribution in [1.82, 2.24) is 5.32 Å². The number of carbonyl (C=O) groups is 1. The molecular formula is C15H25NO9P2. The Labute approximate surface area is 157 Å². The molecule has 10 nitrogen and oxygen atoms in total. The number of hydrogen-bond donors (Lipinski definition) is 6. The zero-order chi connectivity index (χ0) is 20.3. The Kier molecular flexibility index (Phi) is 7.15. The van der Waals surface area contributed by atoms with Gasteiger partial charge in [0, 0.05) is 25.8 Å². The third kappa shape index (κ3) is 5.55. The van der Waals surface area contributed by atoms with Crippen LogP contribution in [0.3, 0.4) is 0 Å². The van der Waals surface area contributed by atoms with E-state index in [1.54, 1.807) is 0 Å². The van der Waals surface area contributed by atoms with Crippen LogP contribution in [0.2, 0.25) is 0 Å². The molecule has 2 aliphatic rings. The zero-order valence-corrected chi connectivity index (χ0v) is 16.4. The lowest BCUT2D eigenvalue weighted by atomic mass is 10.1. The third-order valence-electron chi connectivity index (χ3n) is 5.14. The fraction of sp³-hybridized carbons (Fsp3) is 0.800. The molecule has 1 saturated carbocycles. The summed E-state index contributed by atoms with van der Waals surface area (Å²) in [5, 5.41) is 8.60. The topological polar surface area (TPSA) is 174 Å². The molecule has 2 rings (SSSR count). The van der Waals surface area contributed by atoms with Gasteiger partial charge in [0.15, 0.2) is 0 Å². The summed E-state index contributed by atoms with van der Waals surface area (Å²) in [6, 6.07) is 0. The molecule has 0 spiro atoms. The third-order valence-corrected chi connectivity index (χ3v) is 9.01. The molecule has 2 aliphatic carbocycles. The predicted molar refractivity (Wildman–Crippen MR) is 94.3 cm³/mol. The minimum Gasteiger partial charge on any atom is -0.449 e. The van der Waals surface area contributed by atoms with Gasteiger partial charge in [-0.25, -0.2) is 4.79 Å². The SMILES string of the molecule is O=C(NCCCC(O)(P(=O)(O)O)P(=O)(O)O)OCC1C2CCC#CCCC21. The fourth-order valence-corrected chi connectivity index (χ4v) is 5.74. The number of alkyl carbamates (subject to hydrolysis) is 1. The first-order valence-corrected chi connectivity index (χ1v) is 11.9. The lowest BCUT2D eigenvalue weighted by Gasteiger charge is -2.29. The lowest BCUT2D eigenvalue weighted by molar-refractivity contribution is 0.119. The molecular weight excluding hydrogens is 400 g/mol. The van der Waals surface area contributed by atoms with Crippen molar-refractivity contribution in [2.45, 2.75) is 43.6 Å². The smallest absolute Gasteiger partial charge is 0.407 e. The van der Waals surface area contributed by atoms with E-state index in [0.29, 0.717) is 17.8 Å². The lowest BCUT2D eigenvalue weighted by Crippen LogP contribution is -2.31. The van der Waals surface area contributed by atoms with Gasteiger partial charge < -0.3 is 34.7 Å². The Hall–Kier alpha value is -0.910. The first-order chi connectivity index (χ1) is 12.5. The number of nitrogens with one attached hydrogen (secondary N) is 1. The van der Waals surface area contributed by atoms with Crippen molar-refractivity contribution in [3.05, 3.63) is 0 Å². The molecule has 0 saturated heterocycles. The van der Waals surface area contributed by atoms with Gasteiger partial charge in [0.25, 0.3) is 5.08 Å². The van der Waals surface area contributed by atoms with Crippen LogP contribution in [-0.2, 0) is 13.9 Å². The summed E-state index contributed by atoms with van der Waals surface area (Å²) in [7, 11) is -10.9. The van der Waals surface area contributed by atoms with Gasteiger partial charge in [0.2, 0.25) is 0 Å². The maximum atomic E-state index is 11.7. The summed E-state index contributed by atoms with van der Waals surface area (Å²) >= 11 is 0. The van der Waals surface area contributed by atoms with E-state index in [1.807, 2.05) is 0 Å². The first-order valence-electron chi connectivity index (χ1n) is 8.67. The molecule has 0 aromatic carbocycles. The van der Waals surface area contributed by atoms with Crippen molar-refractivity contribution in [1.29, 1.82) is 0 Å². The van der Waals surface area contributed by atoms with Gasteiger partial charge in [0.1, 0.15) is 0 Å². The number of aliphatic hydroxyl groups is 1. The normalized spacial score (nSPS) is 25.3. The standard InChI is InChI=1S/C15H25NO9P2/c17-14(25-10-13-11-6-3-1-2-4-7-12(11)13)16-9-5-8-15(18,26(19,20)21)27(22,23)24/h11-13,18H,3-10H2,(H,16,17)(H2,19,20,21)(H2,22,23,24). The van der Waals surface area contributed by atoms with Crippen LogP contribution in [0.25, 0.3) is 0 Å². The summed E-state index contributed by atoms with van der Waals surface area (Å²) in [5.41, 5.74) is 0. The first kappa shape index (κ1) is 22.4. The van der Waals surface area contributed by atoms with Crippen LogP contribution < -0.4 is 5.32 Å². The monoisotopic (exact) mass is 425 g/mol. The van der Waals surface area contributed by atoms with Gasteiger partial charge >= 0.3 is 21.3 Å². The van der Waals surface area contributed by atoms with Gasteiger partial charge in [-0.2, -0.15) is 0 Å². The van der Waals surface area contributed by atoms with E-state index in [0.717, 1.165) is 25.7 Å². The molecule has 0 heterocycles. The highest BCUT2D eigenvalue weighted by atomic mass is 31.2. The highest BCUT2D eigenvalue weighted by Crippen LogP contribution is 2.69. The predicted octanol–water partition coefficient (Wildman–Crippen LogP) is 0.934. The van der Waals surface area contributed by atoms with Crippen LogP contribution in [-0.4, -0.2) is 49.0 Å². The maximum Gasteiger partial charge on any atom is 0.407 e. The summed E-state index contributed by atoms with van der Waals surface area (Å²) < 4.78 is 27.6. The van der Waals surface area contributed by atoms with E-state index in [4.69, 9.17) is 24.3 Å². The van der Waals surface area contributed by atoms with E-state index in [9.17, 15) is 19.0 Å². The zero-order valence-electron chi connectivity index (χ0n) is 14.7. The summed E-state index contributed by atoms with van der Waals surface area (Å²) in [5.74, 6) is 7.55. The highest BCUT2D eigenvalue weighted by molar-refractivity contribution is 7.72. The van der Waals surface area contributed by atoms with Crippen molar-refractivity contribution in [2.24, 2.45) is 17.8 Å². The Morgan fingerprint density at radius 1 is 1.07 bits per heavy atom. The molecule has 6 N–H and O–H groups in total. The molecule has 0 aromatic rings. The molecule has 27 heavy (non-hydrogen) atoms. The second-order valence-corrected chi connectivity index (χ2v) is 10.9. The Balaban J connectivity index is 1.69. The fourth-order valence-electron chi connectivity index (χ4n) is 3.48. The van der Waals surface area contributed by atoms with Crippen LogP contribution in [0.1, 0.15) is 38.5 Å². The number of rotatable bonds is 8. The summed E-state index contributed by atoms with van der Waals surface area (Å²) in [4.78, 5) is 47.8. The number of fused-ring (bicyclic) bond motifs is 1. The number of ether oxygens (including phenoxy) is 1. The van der Waals surface area contributed by atoms with Crippen molar-refractivity contribution in [3.63, 3.8) is 0 Å². The summed E-state index contributed by atoms with van der Waals surface area (Å²) in [6.45, 7) is 0.114. The van der Waals surface area contributed by atoms with Crippen LogP contribution in [0.4, 0.5) is 4.79 Å².